The van der Waals surface area contributed by atoms with Crippen LogP contribution in [0.3, 0.4) is 0 Å². The highest BCUT2D eigenvalue weighted by molar-refractivity contribution is 5.82. The maximum absolute atomic E-state index is 13.9. The zero-order valence-corrected chi connectivity index (χ0v) is 13.1. The van der Waals surface area contributed by atoms with Gasteiger partial charge in [0.25, 0.3) is 0 Å². The lowest BCUT2D eigenvalue weighted by Gasteiger charge is -2.34. The van der Waals surface area contributed by atoms with Crippen LogP contribution in [0.15, 0.2) is 30.5 Å². The average molecular weight is 303 g/mol. The molecule has 1 fully saturated rings. The summed E-state index contributed by atoms with van der Waals surface area (Å²) in [5, 5.41) is 0.595. The number of benzene rings is 1. The summed E-state index contributed by atoms with van der Waals surface area (Å²) >= 11 is 0. The SMILES string of the molecule is CN(C)C[C@@H]1CN(Cc2ccc(F)c3cccnc23)CCO1. The molecule has 5 heteroatoms. The third kappa shape index (κ3) is 3.43. The highest BCUT2D eigenvalue weighted by atomic mass is 19.1. The molecule has 0 saturated carbocycles. The molecule has 0 bridgehead atoms. The van der Waals surface area contributed by atoms with E-state index in [1.54, 1.807) is 18.3 Å². The van der Waals surface area contributed by atoms with Gasteiger partial charge in [-0.2, -0.15) is 0 Å². The second kappa shape index (κ2) is 6.69. The zero-order chi connectivity index (χ0) is 15.5. The summed E-state index contributed by atoms with van der Waals surface area (Å²) in [4.78, 5) is 8.87. The van der Waals surface area contributed by atoms with Crippen molar-refractivity contribution in [3.63, 3.8) is 0 Å². The Morgan fingerprint density at radius 1 is 1.36 bits per heavy atom. The largest absolute Gasteiger partial charge is 0.374 e. The monoisotopic (exact) mass is 303 g/mol. The van der Waals surface area contributed by atoms with Gasteiger partial charge in [-0.05, 0) is 37.9 Å². The number of likely N-dealkylation sites (N-methyl/N-ethyl adjacent to an activating group) is 1. The molecule has 0 amide bonds. The predicted molar refractivity (Wildman–Crippen MR) is 85.3 cm³/mol. The quantitative estimate of drug-likeness (QED) is 0.865. The first-order chi connectivity index (χ1) is 10.6. The fourth-order valence-electron chi connectivity index (χ4n) is 3.01. The molecule has 1 aliphatic rings. The van der Waals surface area contributed by atoms with Gasteiger partial charge in [0.1, 0.15) is 5.82 Å². The molecule has 118 valence electrons. The van der Waals surface area contributed by atoms with Crippen LogP contribution in [0.2, 0.25) is 0 Å². The van der Waals surface area contributed by atoms with E-state index in [0.717, 1.165) is 43.9 Å². The number of nitrogens with zero attached hydrogens (tertiary/aromatic N) is 3. The van der Waals surface area contributed by atoms with Crippen LogP contribution in [0.25, 0.3) is 10.9 Å². The third-order valence-corrected chi connectivity index (χ3v) is 3.99. The number of hydrogen-bond donors (Lipinski definition) is 0. The topological polar surface area (TPSA) is 28.6 Å². The molecule has 2 aromatic rings. The summed E-state index contributed by atoms with van der Waals surface area (Å²) in [6.07, 6.45) is 1.95. The van der Waals surface area contributed by atoms with E-state index < -0.39 is 0 Å². The van der Waals surface area contributed by atoms with Crippen molar-refractivity contribution in [3.8, 4) is 0 Å². The third-order valence-electron chi connectivity index (χ3n) is 3.99. The molecular formula is C17H22FN3O. The van der Waals surface area contributed by atoms with Crippen molar-refractivity contribution < 1.29 is 9.13 Å². The second-order valence-electron chi connectivity index (χ2n) is 6.10. The molecule has 22 heavy (non-hydrogen) atoms. The number of hydrogen-bond acceptors (Lipinski definition) is 4. The Morgan fingerprint density at radius 2 is 2.23 bits per heavy atom. The van der Waals surface area contributed by atoms with Crippen LogP contribution in [0, 0.1) is 5.82 Å². The molecule has 0 aliphatic carbocycles. The van der Waals surface area contributed by atoms with E-state index in [4.69, 9.17) is 4.74 Å². The Bertz CT molecular complexity index is 647. The number of ether oxygens (including phenoxy) is 1. The normalized spacial score (nSPS) is 19.9. The second-order valence-corrected chi connectivity index (χ2v) is 6.10. The van der Waals surface area contributed by atoms with Gasteiger partial charge in [-0.25, -0.2) is 4.39 Å². The van der Waals surface area contributed by atoms with Crippen molar-refractivity contribution >= 4 is 10.9 Å². The van der Waals surface area contributed by atoms with Crippen LogP contribution in [-0.2, 0) is 11.3 Å². The Kier molecular flexibility index (Phi) is 4.66. The summed E-state index contributed by atoms with van der Waals surface area (Å²) in [7, 11) is 4.11. The van der Waals surface area contributed by atoms with Crippen molar-refractivity contribution in [1.29, 1.82) is 0 Å². The Labute approximate surface area is 130 Å². The van der Waals surface area contributed by atoms with Crippen LogP contribution >= 0.6 is 0 Å². The molecule has 0 unspecified atom stereocenters. The lowest BCUT2D eigenvalue weighted by molar-refractivity contribution is -0.0405. The minimum Gasteiger partial charge on any atom is -0.374 e. The molecule has 4 nitrogen and oxygen atoms in total. The Hall–Kier alpha value is -1.56. The maximum atomic E-state index is 13.9. The van der Waals surface area contributed by atoms with E-state index in [2.05, 4.69) is 28.9 Å². The van der Waals surface area contributed by atoms with Crippen LogP contribution in [0.4, 0.5) is 4.39 Å². The van der Waals surface area contributed by atoms with Crippen molar-refractivity contribution in [2.45, 2.75) is 12.6 Å². The number of morpholine rings is 1. The number of pyridine rings is 1. The van der Waals surface area contributed by atoms with Crippen molar-refractivity contribution in [2.24, 2.45) is 0 Å². The van der Waals surface area contributed by atoms with Crippen molar-refractivity contribution in [2.75, 3.05) is 40.3 Å². The fraction of sp³-hybridized carbons (Fsp3) is 0.471. The molecule has 0 radical (unpaired) electrons. The molecule has 0 N–H and O–H groups in total. The molecule has 1 aliphatic heterocycles. The average Bonchev–Trinajstić information content (AvgIpc) is 2.50. The number of fused-ring (bicyclic) bond motifs is 1. The molecule has 2 heterocycles. The van der Waals surface area contributed by atoms with E-state index in [1.165, 1.54) is 6.07 Å². The highest BCUT2D eigenvalue weighted by Gasteiger charge is 2.21. The summed E-state index contributed by atoms with van der Waals surface area (Å²) in [6, 6.07) is 6.95. The summed E-state index contributed by atoms with van der Waals surface area (Å²) in [5.74, 6) is -0.209. The minimum atomic E-state index is -0.209. The lowest BCUT2D eigenvalue weighted by Crippen LogP contribution is -2.46. The molecule has 1 saturated heterocycles. The zero-order valence-electron chi connectivity index (χ0n) is 13.1. The molecular weight excluding hydrogens is 281 g/mol. The van der Waals surface area contributed by atoms with Crippen LogP contribution in [-0.4, -0.2) is 61.2 Å². The first-order valence-electron chi connectivity index (χ1n) is 7.64. The van der Waals surface area contributed by atoms with Gasteiger partial charge in [0.15, 0.2) is 0 Å². The maximum Gasteiger partial charge on any atom is 0.132 e. The van der Waals surface area contributed by atoms with Gasteiger partial charge in [0.2, 0.25) is 0 Å². The summed E-state index contributed by atoms with van der Waals surface area (Å²) < 4.78 is 19.7. The summed E-state index contributed by atoms with van der Waals surface area (Å²) in [5.41, 5.74) is 1.83. The first-order valence-corrected chi connectivity index (χ1v) is 7.64. The van der Waals surface area contributed by atoms with Crippen LogP contribution in [0.1, 0.15) is 5.56 Å². The van der Waals surface area contributed by atoms with Gasteiger partial charge in [-0.1, -0.05) is 6.07 Å². The van der Waals surface area contributed by atoms with Gasteiger partial charge in [0.05, 0.1) is 18.2 Å². The summed E-state index contributed by atoms with van der Waals surface area (Å²) in [6.45, 7) is 4.23. The number of rotatable bonds is 4. The van der Waals surface area contributed by atoms with E-state index >= 15 is 0 Å². The van der Waals surface area contributed by atoms with E-state index in [0.29, 0.717) is 5.39 Å². The Balaban J connectivity index is 1.77. The van der Waals surface area contributed by atoms with E-state index in [-0.39, 0.29) is 11.9 Å². The molecule has 0 spiro atoms. The van der Waals surface area contributed by atoms with Crippen LogP contribution < -0.4 is 0 Å². The standard InChI is InChI=1S/C17H22FN3O/c1-20(2)11-14-12-21(8-9-22-14)10-13-5-6-16(18)15-4-3-7-19-17(13)15/h3-7,14H,8-12H2,1-2H3/t14-/m1/s1. The minimum absolute atomic E-state index is 0.209. The smallest absolute Gasteiger partial charge is 0.132 e. The Morgan fingerprint density at radius 3 is 3.05 bits per heavy atom. The molecule has 1 atom stereocenters. The predicted octanol–water partition coefficient (Wildman–Crippen LogP) is 2.14. The molecule has 1 aromatic heterocycles. The first kappa shape index (κ1) is 15.3. The lowest BCUT2D eigenvalue weighted by atomic mass is 10.1. The van der Waals surface area contributed by atoms with Crippen molar-refractivity contribution in [1.82, 2.24) is 14.8 Å². The van der Waals surface area contributed by atoms with Crippen molar-refractivity contribution in [3.05, 3.63) is 41.8 Å². The van der Waals surface area contributed by atoms with Crippen LogP contribution in [0.5, 0.6) is 0 Å². The van der Waals surface area contributed by atoms with Gasteiger partial charge >= 0.3 is 0 Å². The molecule has 1 aromatic carbocycles. The van der Waals surface area contributed by atoms with Gasteiger partial charge in [-0.3, -0.25) is 9.88 Å². The highest BCUT2D eigenvalue weighted by Crippen LogP contribution is 2.21. The molecule has 3 rings (SSSR count). The fourth-order valence-corrected chi connectivity index (χ4v) is 3.01. The van der Waals surface area contributed by atoms with E-state index in [9.17, 15) is 4.39 Å². The van der Waals surface area contributed by atoms with Gasteiger partial charge in [-0.15, -0.1) is 0 Å². The van der Waals surface area contributed by atoms with Gasteiger partial charge < -0.3 is 9.64 Å². The number of aromatic nitrogens is 1. The number of halogens is 1. The van der Waals surface area contributed by atoms with E-state index in [1.807, 2.05) is 6.07 Å². The van der Waals surface area contributed by atoms with Gasteiger partial charge in [0, 0.05) is 37.8 Å².